The first-order valence-corrected chi connectivity index (χ1v) is 4.58. The van der Waals surface area contributed by atoms with Crippen LogP contribution >= 0.6 is 0 Å². The molecule has 1 aromatic heterocycles. The standard InChI is InChI=1S/C9H8F6N2O/c1-4-7(8(10,11)12)5(3-16)2-6(17-4)18-9(13,14)15/h2H,3,16H2,1H3. The van der Waals surface area contributed by atoms with E-state index in [1.807, 2.05) is 0 Å². The Morgan fingerprint density at radius 2 is 1.78 bits per heavy atom. The lowest BCUT2D eigenvalue weighted by atomic mass is 10.1. The molecule has 0 aliphatic rings. The summed E-state index contributed by atoms with van der Waals surface area (Å²) in [5.41, 5.74) is 2.82. The van der Waals surface area contributed by atoms with Gasteiger partial charge in [0.05, 0.1) is 11.3 Å². The Bertz CT molecular complexity index is 440. The summed E-state index contributed by atoms with van der Waals surface area (Å²) in [7, 11) is 0. The van der Waals surface area contributed by atoms with Gasteiger partial charge in [0.15, 0.2) is 0 Å². The van der Waals surface area contributed by atoms with Gasteiger partial charge in [-0.05, 0) is 12.5 Å². The predicted octanol–water partition coefficient (Wildman–Crippen LogP) is 2.77. The van der Waals surface area contributed by atoms with Crippen molar-refractivity contribution in [3.63, 3.8) is 0 Å². The van der Waals surface area contributed by atoms with E-state index < -0.39 is 41.8 Å². The topological polar surface area (TPSA) is 48.1 Å². The molecule has 0 amide bonds. The van der Waals surface area contributed by atoms with Gasteiger partial charge in [0.1, 0.15) is 0 Å². The molecular formula is C9H8F6N2O. The highest BCUT2D eigenvalue weighted by atomic mass is 19.4. The maximum Gasteiger partial charge on any atom is 0.574 e. The van der Waals surface area contributed by atoms with E-state index in [0.717, 1.165) is 6.92 Å². The molecule has 18 heavy (non-hydrogen) atoms. The molecule has 0 aliphatic carbocycles. The number of aryl methyl sites for hydroxylation is 1. The summed E-state index contributed by atoms with van der Waals surface area (Å²) in [6, 6.07) is 0.531. The zero-order valence-electron chi connectivity index (χ0n) is 8.99. The van der Waals surface area contributed by atoms with Gasteiger partial charge in [0.2, 0.25) is 5.88 Å². The monoisotopic (exact) mass is 274 g/mol. The molecule has 0 saturated carbocycles. The van der Waals surface area contributed by atoms with Crippen molar-refractivity contribution in [3.05, 3.63) is 22.9 Å². The molecule has 102 valence electrons. The summed E-state index contributed by atoms with van der Waals surface area (Å²) >= 11 is 0. The predicted molar refractivity (Wildman–Crippen MR) is 48.6 cm³/mol. The minimum atomic E-state index is -5.02. The summed E-state index contributed by atoms with van der Waals surface area (Å²) in [5, 5.41) is 0. The quantitative estimate of drug-likeness (QED) is 0.843. The molecule has 0 spiro atoms. The summed E-state index contributed by atoms with van der Waals surface area (Å²) in [6.07, 6.45) is -9.76. The maximum absolute atomic E-state index is 12.6. The summed E-state index contributed by atoms with van der Waals surface area (Å²) in [6.45, 7) is 0.359. The molecule has 0 atom stereocenters. The van der Waals surface area contributed by atoms with Gasteiger partial charge in [-0.15, -0.1) is 13.2 Å². The van der Waals surface area contributed by atoms with Crippen LogP contribution in [0.4, 0.5) is 26.3 Å². The highest BCUT2D eigenvalue weighted by molar-refractivity contribution is 5.36. The number of hydrogen-bond donors (Lipinski definition) is 1. The third kappa shape index (κ3) is 3.49. The molecular weight excluding hydrogens is 266 g/mol. The molecule has 0 aromatic carbocycles. The van der Waals surface area contributed by atoms with Gasteiger partial charge in [-0.2, -0.15) is 13.2 Å². The minimum Gasteiger partial charge on any atom is -0.388 e. The van der Waals surface area contributed by atoms with Crippen LogP contribution in [-0.4, -0.2) is 11.3 Å². The van der Waals surface area contributed by atoms with E-state index in [0.29, 0.717) is 6.07 Å². The van der Waals surface area contributed by atoms with Gasteiger partial charge < -0.3 is 10.5 Å². The number of nitrogens with zero attached hydrogens (tertiary/aromatic N) is 1. The van der Waals surface area contributed by atoms with Gasteiger partial charge in [-0.3, -0.25) is 0 Å². The Morgan fingerprint density at radius 1 is 1.22 bits per heavy atom. The lowest BCUT2D eigenvalue weighted by Gasteiger charge is -2.16. The minimum absolute atomic E-state index is 0.505. The van der Waals surface area contributed by atoms with Crippen LogP contribution in [0.1, 0.15) is 16.8 Å². The zero-order chi connectivity index (χ0) is 14.1. The molecule has 0 fully saturated rings. The second kappa shape index (κ2) is 4.63. The number of halogens is 6. The molecule has 0 aliphatic heterocycles. The van der Waals surface area contributed by atoms with Crippen molar-refractivity contribution in [3.8, 4) is 5.88 Å². The Morgan fingerprint density at radius 3 is 2.17 bits per heavy atom. The second-order valence-electron chi connectivity index (χ2n) is 3.33. The molecule has 0 bridgehead atoms. The van der Waals surface area contributed by atoms with E-state index in [-0.39, 0.29) is 0 Å². The van der Waals surface area contributed by atoms with Crippen LogP contribution in [0.2, 0.25) is 0 Å². The van der Waals surface area contributed by atoms with Gasteiger partial charge in [-0.25, -0.2) is 4.98 Å². The van der Waals surface area contributed by atoms with E-state index >= 15 is 0 Å². The first-order chi connectivity index (χ1) is 8.04. The number of pyridine rings is 1. The average Bonchev–Trinajstić information content (AvgIpc) is 2.11. The van der Waals surface area contributed by atoms with E-state index in [1.54, 1.807) is 0 Å². The Kier molecular flexibility index (Phi) is 3.75. The summed E-state index contributed by atoms with van der Waals surface area (Å²) in [5.74, 6) is -0.964. The van der Waals surface area contributed by atoms with Gasteiger partial charge in [0, 0.05) is 12.6 Å². The number of rotatable bonds is 2. The normalized spacial score (nSPS) is 12.7. The number of hydrogen-bond acceptors (Lipinski definition) is 3. The Balaban J connectivity index is 3.28. The fourth-order valence-electron chi connectivity index (χ4n) is 1.43. The van der Waals surface area contributed by atoms with E-state index in [9.17, 15) is 26.3 Å². The summed E-state index contributed by atoms with van der Waals surface area (Å²) in [4.78, 5) is 3.12. The highest BCUT2D eigenvalue weighted by Gasteiger charge is 2.37. The Labute approximate surface area is 97.6 Å². The van der Waals surface area contributed by atoms with Crippen LogP contribution in [0, 0.1) is 6.92 Å². The third-order valence-electron chi connectivity index (χ3n) is 1.98. The molecule has 1 heterocycles. The number of alkyl halides is 6. The van der Waals surface area contributed by atoms with Crippen molar-refractivity contribution < 1.29 is 31.1 Å². The maximum atomic E-state index is 12.6. The zero-order valence-corrected chi connectivity index (χ0v) is 8.99. The number of ether oxygens (including phenoxy) is 1. The fourth-order valence-corrected chi connectivity index (χ4v) is 1.43. The Hall–Kier alpha value is -1.51. The molecule has 0 saturated heterocycles. The molecule has 1 aromatic rings. The van der Waals surface area contributed by atoms with Crippen LogP contribution in [0.15, 0.2) is 6.07 Å². The lowest BCUT2D eigenvalue weighted by Crippen LogP contribution is -2.20. The van der Waals surface area contributed by atoms with Crippen LogP contribution in [0.25, 0.3) is 0 Å². The first kappa shape index (κ1) is 14.6. The van der Waals surface area contributed by atoms with Crippen molar-refractivity contribution in [2.75, 3.05) is 0 Å². The average molecular weight is 274 g/mol. The van der Waals surface area contributed by atoms with Gasteiger partial charge in [0.25, 0.3) is 0 Å². The van der Waals surface area contributed by atoms with Crippen molar-refractivity contribution >= 4 is 0 Å². The van der Waals surface area contributed by atoms with E-state index in [4.69, 9.17) is 5.73 Å². The third-order valence-corrected chi connectivity index (χ3v) is 1.98. The lowest BCUT2D eigenvalue weighted by molar-refractivity contribution is -0.276. The largest absolute Gasteiger partial charge is 0.574 e. The smallest absolute Gasteiger partial charge is 0.388 e. The molecule has 0 unspecified atom stereocenters. The summed E-state index contributed by atoms with van der Waals surface area (Å²) < 4.78 is 77.1. The van der Waals surface area contributed by atoms with Crippen molar-refractivity contribution in [1.29, 1.82) is 0 Å². The van der Waals surface area contributed by atoms with Gasteiger partial charge in [-0.1, -0.05) is 0 Å². The number of aromatic nitrogens is 1. The molecule has 2 N–H and O–H groups in total. The van der Waals surface area contributed by atoms with Crippen LogP contribution in [0.3, 0.4) is 0 Å². The highest BCUT2D eigenvalue weighted by Crippen LogP contribution is 2.35. The van der Waals surface area contributed by atoms with Crippen LogP contribution < -0.4 is 10.5 Å². The molecule has 3 nitrogen and oxygen atoms in total. The second-order valence-corrected chi connectivity index (χ2v) is 3.33. The van der Waals surface area contributed by atoms with Crippen LogP contribution in [0.5, 0.6) is 5.88 Å². The van der Waals surface area contributed by atoms with Gasteiger partial charge >= 0.3 is 12.5 Å². The molecule has 9 heteroatoms. The van der Waals surface area contributed by atoms with Crippen LogP contribution in [-0.2, 0) is 12.7 Å². The van der Waals surface area contributed by atoms with Crippen molar-refractivity contribution in [1.82, 2.24) is 4.98 Å². The number of nitrogens with two attached hydrogens (primary N) is 1. The first-order valence-electron chi connectivity index (χ1n) is 4.58. The van der Waals surface area contributed by atoms with Crippen molar-refractivity contribution in [2.24, 2.45) is 5.73 Å². The molecule has 1 rings (SSSR count). The van der Waals surface area contributed by atoms with E-state index in [2.05, 4.69) is 9.72 Å². The van der Waals surface area contributed by atoms with E-state index in [1.165, 1.54) is 0 Å². The SMILES string of the molecule is Cc1nc(OC(F)(F)F)cc(CN)c1C(F)(F)F. The van der Waals surface area contributed by atoms with Crippen molar-refractivity contribution in [2.45, 2.75) is 26.0 Å². The molecule has 0 radical (unpaired) electrons. The fraction of sp³-hybridized carbons (Fsp3) is 0.444.